The maximum Gasteiger partial charge on any atom is 0.251 e. The van der Waals surface area contributed by atoms with Gasteiger partial charge < -0.3 is 5.32 Å². The van der Waals surface area contributed by atoms with Gasteiger partial charge in [-0.15, -0.1) is 0 Å². The van der Waals surface area contributed by atoms with Crippen LogP contribution in [-0.2, 0) is 0 Å². The molecule has 120 valence electrons. The average Bonchev–Trinajstić information content (AvgIpc) is 2.58. The lowest BCUT2D eigenvalue weighted by Crippen LogP contribution is -2.69. The molecule has 0 saturated carbocycles. The Balaban J connectivity index is 1.59. The molecular formula is C19H23N3O. The largest absolute Gasteiger partial charge is 0.347 e. The SMILES string of the molecule is CC1(C)[C@H](NC(=O)c2ccc3ncccc3c2)C2CCN1CC2. The number of piperidine rings is 3. The summed E-state index contributed by atoms with van der Waals surface area (Å²) in [6, 6.07) is 9.86. The number of carbonyl (C=O) groups excluding carboxylic acids is 1. The number of fused-ring (bicyclic) bond motifs is 4. The quantitative estimate of drug-likeness (QED) is 0.928. The molecule has 2 aromatic rings. The number of nitrogens with one attached hydrogen (secondary N) is 1. The lowest BCUT2D eigenvalue weighted by atomic mass is 9.72. The molecule has 1 N–H and O–H groups in total. The fourth-order valence-corrected chi connectivity index (χ4v) is 4.32. The summed E-state index contributed by atoms with van der Waals surface area (Å²) in [5.74, 6) is 0.628. The van der Waals surface area contributed by atoms with Crippen molar-refractivity contribution >= 4 is 16.8 Å². The van der Waals surface area contributed by atoms with Crippen molar-refractivity contribution in [3.8, 4) is 0 Å². The van der Waals surface area contributed by atoms with Gasteiger partial charge in [0.1, 0.15) is 0 Å². The zero-order valence-electron chi connectivity index (χ0n) is 13.7. The standard InChI is InChI=1S/C19H23N3O/c1-19(2)17(13-7-10-22(19)11-8-13)21-18(23)15-5-6-16-14(12-15)4-3-9-20-16/h3-6,9,12-13,17H,7-8,10-11H2,1-2H3,(H,21,23)/t17-/m1/s1. The Morgan fingerprint density at radius 2 is 2.04 bits per heavy atom. The van der Waals surface area contributed by atoms with Crippen LogP contribution >= 0.6 is 0 Å². The number of hydrogen-bond acceptors (Lipinski definition) is 3. The van der Waals surface area contributed by atoms with Crippen LogP contribution in [0.4, 0.5) is 0 Å². The summed E-state index contributed by atoms with van der Waals surface area (Å²) in [6.45, 7) is 6.83. The van der Waals surface area contributed by atoms with Crippen LogP contribution < -0.4 is 5.32 Å². The van der Waals surface area contributed by atoms with Gasteiger partial charge in [-0.1, -0.05) is 6.07 Å². The van der Waals surface area contributed by atoms with Crippen molar-refractivity contribution in [2.24, 2.45) is 5.92 Å². The number of carbonyl (C=O) groups is 1. The molecular weight excluding hydrogens is 286 g/mol. The summed E-state index contributed by atoms with van der Waals surface area (Å²) >= 11 is 0. The lowest BCUT2D eigenvalue weighted by Gasteiger charge is -2.56. The van der Waals surface area contributed by atoms with Crippen molar-refractivity contribution < 1.29 is 4.79 Å². The maximum atomic E-state index is 12.8. The predicted molar refractivity (Wildman–Crippen MR) is 91.4 cm³/mol. The summed E-state index contributed by atoms with van der Waals surface area (Å²) in [4.78, 5) is 19.6. The third-order valence-corrected chi connectivity index (χ3v) is 5.74. The van der Waals surface area contributed by atoms with Crippen molar-refractivity contribution in [2.45, 2.75) is 38.3 Å². The van der Waals surface area contributed by atoms with E-state index in [2.05, 4.69) is 29.0 Å². The van der Waals surface area contributed by atoms with Crippen molar-refractivity contribution in [1.29, 1.82) is 0 Å². The van der Waals surface area contributed by atoms with Crippen LogP contribution in [0.15, 0.2) is 36.5 Å². The highest BCUT2D eigenvalue weighted by Crippen LogP contribution is 2.39. The van der Waals surface area contributed by atoms with E-state index in [9.17, 15) is 4.79 Å². The Kier molecular flexibility index (Phi) is 3.38. The van der Waals surface area contributed by atoms with E-state index < -0.39 is 0 Å². The normalized spacial score (nSPS) is 28.7. The van der Waals surface area contributed by atoms with E-state index in [0.717, 1.165) is 29.6 Å². The number of nitrogens with zero attached hydrogens (tertiary/aromatic N) is 2. The third kappa shape index (κ3) is 2.41. The summed E-state index contributed by atoms with van der Waals surface area (Å²) in [7, 11) is 0. The molecule has 3 fully saturated rings. The van der Waals surface area contributed by atoms with Gasteiger partial charge >= 0.3 is 0 Å². The van der Waals surface area contributed by atoms with E-state index in [1.807, 2.05) is 30.3 Å². The van der Waals surface area contributed by atoms with Crippen LogP contribution in [0.2, 0.25) is 0 Å². The number of amides is 1. The number of benzene rings is 1. The Morgan fingerprint density at radius 3 is 2.78 bits per heavy atom. The monoisotopic (exact) mass is 309 g/mol. The molecule has 0 spiro atoms. The second-order valence-electron chi connectivity index (χ2n) is 7.34. The highest BCUT2D eigenvalue weighted by molar-refractivity contribution is 5.98. The zero-order valence-corrected chi connectivity index (χ0v) is 13.7. The van der Waals surface area contributed by atoms with Gasteiger partial charge in [-0.25, -0.2) is 0 Å². The smallest absolute Gasteiger partial charge is 0.251 e. The first-order valence-corrected chi connectivity index (χ1v) is 8.46. The molecule has 4 heteroatoms. The molecule has 0 aliphatic carbocycles. The van der Waals surface area contributed by atoms with E-state index >= 15 is 0 Å². The highest BCUT2D eigenvalue weighted by Gasteiger charge is 2.48. The average molecular weight is 309 g/mol. The molecule has 0 radical (unpaired) electrons. The molecule has 4 heterocycles. The molecule has 5 rings (SSSR count). The fourth-order valence-electron chi connectivity index (χ4n) is 4.32. The minimum atomic E-state index is 0.0302. The van der Waals surface area contributed by atoms with Crippen LogP contribution in [0.5, 0.6) is 0 Å². The first-order valence-electron chi connectivity index (χ1n) is 8.46. The number of rotatable bonds is 2. The first-order chi connectivity index (χ1) is 11.1. The van der Waals surface area contributed by atoms with Gasteiger partial charge in [0.2, 0.25) is 0 Å². The maximum absolute atomic E-state index is 12.8. The minimum absolute atomic E-state index is 0.0302. The molecule has 4 nitrogen and oxygen atoms in total. The minimum Gasteiger partial charge on any atom is -0.347 e. The predicted octanol–water partition coefficient (Wildman–Crippen LogP) is 2.84. The molecule has 2 bridgehead atoms. The van der Waals surface area contributed by atoms with Gasteiger partial charge in [-0.05, 0) is 70.0 Å². The first kappa shape index (κ1) is 14.6. The van der Waals surface area contributed by atoms with Gasteiger partial charge in [0.25, 0.3) is 5.91 Å². The second-order valence-corrected chi connectivity index (χ2v) is 7.34. The Labute approximate surface area is 136 Å². The third-order valence-electron chi connectivity index (χ3n) is 5.74. The molecule has 0 unspecified atom stereocenters. The lowest BCUT2D eigenvalue weighted by molar-refractivity contribution is -0.0378. The summed E-state index contributed by atoms with van der Waals surface area (Å²) in [5.41, 5.74) is 1.68. The van der Waals surface area contributed by atoms with E-state index in [0.29, 0.717) is 5.92 Å². The van der Waals surface area contributed by atoms with Crippen LogP contribution in [0.1, 0.15) is 37.0 Å². The number of pyridine rings is 1. The Morgan fingerprint density at radius 1 is 1.26 bits per heavy atom. The van der Waals surface area contributed by atoms with Crippen molar-refractivity contribution in [3.63, 3.8) is 0 Å². The molecule has 3 aliphatic heterocycles. The summed E-state index contributed by atoms with van der Waals surface area (Å²) < 4.78 is 0. The van der Waals surface area contributed by atoms with Gasteiger partial charge in [0.15, 0.2) is 0 Å². The molecule has 1 amide bonds. The van der Waals surface area contributed by atoms with E-state index in [-0.39, 0.29) is 17.5 Å². The van der Waals surface area contributed by atoms with Crippen LogP contribution in [0.3, 0.4) is 0 Å². The molecule has 3 aliphatic rings. The highest BCUT2D eigenvalue weighted by atomic mass is 16.1. The summed E-state index contributed by atoms with van der Waals surface area (Å²) in [5, 5.41) is 4.33. The van der Waals surface area contributed by atoms with E-state index in [1.165, 1.54) is 12.8 Å². The fraction of sp³-hybridized carbons (Fsp3) is 0.474. The van der Waals surface area contributed by atoms with Crippen molar-refractivity contribution in [1.82, 2.24) is 15.2 Å². The molecule has 1 atom stereocenters. The van der Waals surface area contributed by atoms with Crippen LogP contribution in [0, 0.1) is 5.92 Å². The topological polar surface area (TPSA) is 45.2 Å². The molecule has 23 heavy (non-hydrogen) atoms. The number of aromatic nitrogens is 1. The van der Waals surface area contributed by atoms with Crippen LogP contribution in [-0.4, -0.2) is 40.5 Å². The van der Waals surface area contributed by atoms with Crippen molar-refractivity contribution in [3.05, 3.63) is 42.1 Å². The molecule has 3 saturated heterocycles. The summed E-state index contributed by atoms with van der Waals surface area (Å²) in [6.07, 6.45) is 4.16. The van der Waals surface area contributed by atoms with E-state index in [4.69, 9.17) is 0 Å². The second kappa shape index (κ2) is 5.31. The van der Waals surface area contributed by atoms with Gasteiger partial charge in [-0.3, -0.25) is 14.7 Å². The van der Waals surface area contributed by atoms with E-state index in [1.54, 1.807) is 6.20 Å². The van der Waals surface area contributed by atoms with Gasteiger partial charge in [0, 0.05) is 28.7 Å². The van der Waals surface area contributed by atoms with Crippen LogP contribution in [0.25, 0.3) is 10.9 Å². The van der Waals surface area contributed by atoms with Gasteiger partial charge in [-0.2, -0.15) is 0 Å². The van der Waals surface area contributed by atoms with Gasteiger partial charge in [0.05, 0.1) is 5.52 Å². The molecule has 1 aromatic heterocycles. The Hall–Kier alpha value is -1.94. The van der Waals surface area contributed by atoms with Crippen molar-refractivity contribution in [2.75, 3.05) is 13.1 Å². The zero-order chi connectivity index (χ0) is 16.0. The number of hydrogen-bond donors (Lipinski definition) is 1. The molecule has 1 aromatic carbocycles. The Bertz CT molecular complexity index is 747.